The van der Waals surface area contributed by atoms with E-state index in [2.05, 4.69) is 0 Å². The third kappa shape index (κ3) is 6.47. The number of nitrogens with zero attached hydrogens (tertiary/aromatic N) is 2. The Balaban J connectivity index is 1.45. The van der Waals surface area contributed by atoms with Crippen LogP contribution in [0.5, 0.6) is 5.75 Å². The lowest BCUT2D eigenvalue weighted by Crippen LogP contribution is -2.47. The summed E-state index contributed by atoms with van der Waals surface area (Å²) < 4.78 is 32.9. The average molecular weight is 493 g/mol. The van der Waals surface area contributed by atoms with Gasteiger partial charge in [-0.25, -0.2) is 8.78 Å². The summed E-state index contributed by atoms with van der Waals surface area (Å²) in [5, 5.41) is 0. The van der Waals surface area contributed by atoms with Crippen LogP contribution in [0, 0.1) is 17.0 Å². The maximum Gasteiger partial charge on any atom is 0.253 e. The Morgan fingerprint density at radius 3 is 2.28 bits per heavy atom. The summed E-state index contributed by atoms with van der Waals surface area (Å²) in [6.45, 7) is 1.62. The van der Waals surface area contributed by atoms with Crippen LogP contribution in [-0.2, 0) is 11.3 Å². The predicted molar refractivity (Wildman–Crippen MR) is 133 cm³/mol. The number of hydrogen-bond acceptors (Lipinski definition) is 3. The van der Waals surface area contributed by atoms with Gasteiger partial charge in [0.25, 0.3) is 5.91 Å². The van der Waals surface area contributed by atoms with Crippen LogP contribution in [0.2, 0.25) is 0 Å². The van der Waals surface area contributed by atoms with E-state index in [0.717, 1.165) is 5.56 Å². The monoisotopic (exact) mass is 492 g/mol. The van der Waals surface area contributed by atoms with Crippen LogP contribution >= 0.6 is 0 Å². The van der Waals surface area contributed by atoms with Gasteiger partial charge in [0.15, 0.2) is 0 Å². The predicted octanol–water partition coefficient (Wildman–Crippen LogP) is 5.31. The molecule has 0 N–H and O–H groups in total. The number of halogens is 2. The van der Waals surface area contributed by atoms with Crippen molar-refractivity contribution in [1.29, 1.82) is 0 Å². The molecule has 0 atom stereocenters. The van der Waals surface area contributed by atoms with Crippen LogP contribution < -0.4 is 4.74 Å². The zero-order valence-corrected chi connectivity index (χ0v) is 20.3. The lowest BCUT2D eigenvalue weighted by Gasteiger charge is -2.42. The van der Waals surface area contributed by atoms with Gasteiger partial charge in [0, 0.05) is 44.1 Å². The van der Waals surface area contributed by atoms with Gasteiger partial charge in [0.05, 0.1) is 6.61 Å². The van der Waals surface area contributed by atoms with Gasteiger partial charge >= 0.3 is 0 Å². The van der Waals surface area contributed by atoms with E-state index in [4.69, 9.17) is 4.74 Å². The minimum Gasteiger partial charge on any atom is -0.493 e. The molecule has 4 rings (SSSR count). The molecule has 7 heteroatoms. The first kappa shape index (κ1) is 25.4. The van der Waals surface area contributed by atoms with Gasteiger partial charge in [-0.15, -0.1) is 0 Å². The van der Waals surface area contributed by atoms with Crippen molar-refractivity contribution in [2.24, 2.45) is 5.41 Å². The molecule has 1 fully saturated rings. The zero-order chi connectivity index (χ0) is 25.5. The Bertz CT molecular complexity index is 1180. The molecule has 188 valence electrons. The molecule has 1 heterocycles. The molecule has 0 spiro atoms. The smallest absolute Gasteiger partial charge is 0.253 e. The van der Waals surface area contributed by atoms with Crippen LogP contribution in [0.4, 0.5) is 8.78 Å². The normalized spacial score (nSPS) is 14.8. The summed E-state index contributed by atoms with van der Waals surface area (Å²) >= 11 is 0. The number of hydrogen-bond donors (Lipinski definition) is 0. The SMILES string of the molecule is CN(Cc1ccccc1)C(=O)CC1(COc2ccc(F)cc2)CCN(C(=O)c2cccc(F)c2)CC1. The number of rotatable bonds is 8. The number of carbonyl (C=O) groups excluding carboxylic acids is 2. The van der Waals surface area contributed by atoms with Gasteiger partial charge in [-0.1, -0.05) is 36.4 Å². The van der Waals surface area contributed by atoms with Gasteiger partial charge in [0.1, 0.15) is 17.4 Å². The van der Waals surface area contributed by atoms with E-state index >= 15 is 0 Å². The molecule has 0 unspecified atom stereocenters. The summed E-state index contributed by atoms with van der Waals surface area (Å²) in [5.74, 6) is -0.508. The largest absolute Gasteiger partial charge is 0.493 e. The minimum absolute atomic E-state index is 0.00790. The van der Waals surface area contributed by atoms with E-state index in [0.29, 0.717) is 43.8 Å². The van der Waals surface area contributed by atoms with Crippen LogP contribution in [0.1, 0.15) is 35.2 Å². The number of piperidine rings is 1. The quantitative estimate of drug-likeness (QED) is 0.428. The second-order valence-corrected chi connectivity index (χ2v) is 9.46. The van der Waals surface area contributed by atoms with E-state index in [1.807, 2.05) is 30.3 Å². The first-order chi connectivity index (χ1) is 17.3. The number of carbonyl (C=O) groups is 2. The molecule has 1 saturated heterocycles. The second-order valence-electron chi connectivity index (χ2n) is 9.46. The van der Waals surface area contributed by atoms with Crippen molar-refractivity contribution in [3.8, 4) is 5.75 Å². The lowest BCUT2D eigenvalue weighted by atomic mass is 9.75. The maximum atomic E-state index is 13.6. The molecular weight excluding hydrogens is 462 g/mol. The van der Waals surface area contributed by atoms with Gasteiger partial charge in [-0.05, 0) is 60.9 Å². The fraction of sp³-hybridized carbons (Fsp3) is 0.310. The summed E-state index contributed by atoms with van der Waals surface area (Å²) in [5.41, 5.74) is 0.860. The van der Waals surface area contributed by atoms with E-state index in [-0.39, 0.29) is 30.7 Å². The van der Waals surface area contributed by atoms with Crippen LogP contribution in [0.3, 0.4) is 0 Å². The number of benzene rings is 3. The standard InChI is InChI=1S/C29H30F2N2O3/c1-32(20-22-6-3-2-4-7-22)27(34)19-29(21-36-26-12-10-24(30)11-13-26)14-16-33(17-15-29)28(35)23-8-5-9-25(31)18-23/h2-13,18H,14-17,19-21H2,1H3. The molecule has 1 aliphatic heterocycles. The van der Waals surface area contributed by atoms with Gasteiger partial charge < -0.3 is 14.5 Å². The first-order valence-corrected chi connectivity index (χ1v) is 12.0. The van der Waals surface area contributed by atoms with E-state index in [9.17, 15) is 18.4 Å². The van der Waals surface area contributed by atoms with Crippen molar-refractivity contribution in [1.82, 2.24) is 9.80 Å². The fourth-order valence-corrected chi connectivity index (χ4v) is 4.53. The van der Waals surface area contributed by atoms with Crippen molar-refractivity contribution < 1.29 is 23.1 Å². The topological polar surface area (TPSA) is 49.9 Å². The third-order valence-electron chi connectivity index (χ3n) is 6.76. The van der Waals surface area contributed by atoms with Crippen LogP contribution in [-0.4, -0.2) is 48.4 Å². The highest BCUT2D eigenvalue weighted by Gasteiger charge is 2.39. The molecule has 0 aliphatic carbocycles. The zero-order valence-electron chi connectivity index (χ0n) is 20.3. The summed E-state index contributed by atoms with van der Waals surface area (Å²) in [7, 11) is 1.78. The number of ether oxygens (including phenoxy) is 1. The number of amides is 2. The van der Waals surface area contributed by atoms with E-state index in [1.54, 1.807) is 35.0 Å². The van der Waals surface area contributed by atoms with Crippen LogP contribution in [0.15, 0.2) is 78.9 Å². The molecule has 0 bridgehead atoms. The Kier molecular flexibility index (Phi) is 7.98. The Hall–Kier alpha value is -3.74. The van der Waals surface area contributed by atoms with Gasteiger partial charge in [0.2, 0.25) is 5.91 Å². The molecule has 0 saturated carbocycles. The van der Waals surface area contributed by atoms with E-state index < -0.39 is 11.2 Å². The average Bonchev–Trinajstić information content (AvgIpc) is 2.89. The van der Waals surface area contributed by atoms with Crippen molar-refractivity contribution in [2.45, 2.75) is 25.8 Å². The third-order valence-corrected chi connectivity index (χ3v) is 6.76. The molecule has 5 nitrogen and oxygen atoms in total. The highest BCUT2D eigenvalue weighted by molar-refractivity contribution is 5.94. The fourth-order valence-electron chi connectivity index (χ4n) is 4.53. The molecule has 0 aromatic heterocycles. The summed E-state index contributed by atoms with van der Waals surface area (Å²) in [4.78, 5) is 29.6. The van der Waals surface area contributed by atoms with Crippen molar-refractivity contribution in [2.75, 3.05) is 26.7 Å². The highest BCUT2D eigenvalue weighted by atomic mass is 19.1. The molecule has 3 aromatic carbocycles. The molecule has 2 amide bonds. The van der Waals surface area contributed by atoms with Crippen molar-refractivity contribution in [3.63, 3.8) is 0 Å². The van der Waals surface area contributed by atoms with E-state index in [1.165, 1.54) is 30.3 Å². The molecular formula is C29H30F2N2O3. The Morgan fingerprint density at radius 1 is 0.917 bits per heavy atom. The first-order valence-electron chi connectivity index (χ1n) is 12.0. The molecule has 3 aromatic rings. The Morgan fingerprint density at radius 2 is 1.61 bits per heavy atom. The maximum absolute atomic E-state index is 13.6. The molecule has 0 radical (unpaired) electrons. The Labute approximate surface area is 210 Å². The van der Waals surface area contributed by atoms with Crippen molar-refractivity contribution >= 4 is 11.8 Å². The summed E-state index contributed by atoms with van der Waals surface area (Å²) in [6.07, 6.45) is 1.37. The summed E-state index contributed by atoms with van der Waals surface area (Å²) in [6, 6.07) is 21.3. The minimum atomic E-state index is -0.491. The lowest BCUT2D eigenvalue weighted by molar-refractivity contribution is -0.134. The number of likely N-dealkylation sites (tertiary alicyclic amines) is 1. The van der Waals surface area contributed by atoms with Gasteiger partial charge in [-0.2, -0.15) is 0 Å². The van der Waals surface area contributed by atoms with Gasteiger partial charge in [-0.3, -0.25) is 9.59 Å². The second kappa shape index (κ2) is 11.3. The molecule has 1 aliphatic rings. The van der Waals surface area contributed by atoms with Crippen molar-refractivity contribution in [3.05, 3.63) is 102 Å². The highest BCUT2D eigenvalue weighted by Crippen LogP contribution is 2.37. The van der Waals surface area contributed by atoms with Crippen LogP contribution in [0.25, 0.3) is 0 Å². The molecule has 36 heavy (non-hydrogen) atoms.